The number of aromatic nitrogens is 5. The molecule has 0 spiro atoms. The number of thioether (sulfide) groups is 1. The van der Waals surface area contributed by atoms with Crippen LogP contribution in [0, 0.1) is 6.92 Å². The van der Waals surface area contributed by atoms with Crippen LogP contribution in [-0.4, -0.2) is 30.1 Å². The maximum atomic E-state index is 10.9. The number of imidazole rings is 1. The first-order valence-corrected chi connectivity index (χ1v) is 8.25. The smallest absolute Gasteiger partial charge is 0.217 e. The number of primary amides is 1. The molecule has 3 rings (SSSR count). The Labute approximate surface area is 137 Å². The van der Waals surface area contributed by atoms with Crippen molar-refractivity contribution in [3.05, 3.63) is 41.6 Å². The van der Waals surface area contributed by atoms with Gasteiger partial charge in [-0.05, 0) is 18.6 Å². The average molecular weight is 330 g/mol. The van der Waals surface area contributed by atoms with Crippen molar-refractivity contribution in [1.29, 1.82) is 0 Å². The number of nitrogens with two attached hydrogens (primary N) is 1. The number of carbonyl (C=O) groups excluding carboxylic acids is 1. The van der Waals surface area contributed by atoms with Crippen LogP contribution in [-0.2, 0) is 24.0 Å². The molecule has 1 amide bonds. The van der Waals surface area contributed by atoms with Crippen LogP contribution in [0.15, 0.2) is 29.7 Å². The molecular weight excluding hydrogens is 312 g/mol. The molecule has 0 aliphatic carbocycles. The minimum absolute atomic E-state index is 0.280. The van der Waals surface area contributed by atoms with E-state index >= 15 is 0 Å². The van der Waals surface area contributed by atoms with E-state index in [2.05, 4.69) is 28.3 Å². The van der Waals surface area contributed by atoms with Gasteiger partial charge in [-0.3, -0.25) is 4.79 Å². The van der Waals surface area contributed by atoms with Crippen LogP contribution in [0.3, 0.4) is 0 Å². The topological polar surface area (TPSA) is 91.1 Å². The van der Waals surface area contributed by atoms with Gasteiger partial charge in [0.25, 0.3) is 0 Å². The summed E-state index contributed by atoms with van der Waals surface area (Å²) in [6.07, 6.45) is 4.87. The number of hydrogen-bond donors (Lipinski definition) is 1. The van der Waals surface area contributed by atoms with Crippen LogP contribution in [0.25, 0.3) is 5.65 Å². The second-order valence-electron chi connectivity index (χ2n) is 5.42. The Morgan fingerprint density at radius 3 is 2.91 bits per heavy atom. The predicted molar refractivity (Wildman–Crippen MR) is 88.0 cm³/mol. The van der Waals surface area contributed by atoms with E-state index in [1.165, 1.54) is 5.56 Å². The maximum Gasteiger partial charge on any atom is 0.217 e. The molecule has 0 saturated heterocycles. The van der Waals surface area contributed by atoms with Crippen molar-refractivity contribution in [3.63, 3.8) is 0 Å². The van der Waals surface area contributed by atoms with Crippen molar-refractivity contribution >= 4 is 23.3 Å². The molecule has 0 fully saturated rings. The monoisotopic (exact) mass is 330 g/mol. The summed E-state index contributed by atoms with van der Waals surface area (Å²) in [7, 11) is 1.89. The molecule has 0 aliphatic rings. The molecule has 0 unspecified atom stereocenters. The molecule has 0 aromatic carbocycles. The number of pyridine rings is 1. The standard InChI is InChI=1S/C15H18N6OS/c1-10-3-5-13-17-11(8-21(13)7-10)9-23-15-19-18-14(20(15)2)6-4-12(16)22/h3,5,7-8H,4,6,9H2,1-2H3,(H2,16,22). The number of nitrogens with zero attached hydrogens (tertiary/aromatic N) is 5. The van der Waals surface area contributed by atoms with Crippen molar-refractivity contribution in [2.45, 2.75) is 30.7 Å². The van der Waals surface area contributed by atoms with Crippen LogP contribution < -0.4 is 5.73 Å². The summed E-state index contributed by atoms with van der Waals surface area (Å²) in [5, 5.41) is 9.08. The van der Waals surface area contributed by atoms with Crippen molar-refractivity contribution in [3.8, 4) is 0 Å². The van der Waals surface area contributed by atoms with Crippen LogP contribution in [0.4, 0.5) is 0 Å². The highest BCUT2D eigenvalue weighted by Crippen LogP contribution is 2.21. The number of fused-ring (bicyclic) bond motifs is 1. The molecule has 0 bridgehead atoms. The van der Waals surface area contributed by atoms with Crippen LogP contribution >= 0.6 is 11.8 Å². The van der Waals surface area contributed by atoms with Crippen LogP contribution in [0.2, 0.25) is 0 Å². The summed E-state index contributed by atoms with van der Waals surface area (Å²) in [6.45, 7) is 2.06. The Balaban J connectivity index is 1.68. The van der Waals surface area contributed by atoms with E-state index in [1.54, 1.807) is 11.8 Å². The van der Waals surface area contributed by atoms with Gasteiger partial charge in [-0.1, -0.05) is 17.8 Å². The molecule has 0 aliphatic heterocycles. The lowest BCUT2D eigenvalue weighted by Gasteiger charge is -2.01. The molecule has 3 aromatic rings. The molecule has 2 N–H and O–H groups in total. The quantitative estimate of drug-likeness (QED) is 0.691. The Morgan fingerprint density at radius 2 is 2.13 bits per heavy atom. The second-order valence-corrected chi connectivity index (χ2v) is 6.36. The molecule has 120 valence electrons. The SMILES string of the molecule is Cc1ccc2nc(CSc3nnc(CCC(N)=O)n3C)cn2c1. The number of aryl methyl sites for hydroxylation is 2. The summed E-state index contributed by atoms with van der Waals surface area (Å²) in [5.74, 6) is 1.14. The second kappa shape index (κ2) is 6.41. The van der Waals surface area contributed by atoms with E-state index in [0.717, 1.165) is 22.3 Å². The molecule has 0 radical (unpaired) electrons. The van der Waals surface area contributed by atoms with Gasteiger partial charge < -0.3 is 14.7 Å². The lowest BCUT2D eigenvalue weighted by Crippen LogP contribution is -2.12. The van der Waals surface area contributed by atoms with Crippen molar-refractivity contribution in [2.75, 3.05) is 0 Å². The Bertz CT molecular complexity index is 853. The zero-order valence-corrected chi connectivity index (χ0v) is 13.9. The highest BCUT2D eigenvalue weighted by atomic mass is 32.2. The first-order chi connectivity index (χ1) is 11.0. The third-order valence-corrected chi connectivity index (χ3v) is 4.57. The van der Waals surface area contributed by atoms with Crippen molar-refractivity contribution in [2.24, 2.45) is 12.8 Å². The Hall–Kier alpha value is -2.35. The Kier molecular flexibility index (Phi) is 4.33. The first kappa shape index (κ1) is 15.5. The zero-order valence-electron chi connectivity index (χ0n) is 13.1. The van der Waals surface area contributed by atoms with Gasteiger partial charge in [0, 0.05) is 38.0 Å². The molecule has 23 heavy (non-hydrogen) atoms. The van der Waals surface area contributed by atoms with Gasteiger partial charge in [0.2, 0.25) is 5.91 Å². The molecule has 0 atom stereocenters. The van der Waals surface area contributed by atoms with E-state index in [0.29, 0.717) is 12.2 Å². The van der Waals surface area contributed by atoms with Gasteiger partial charge in [0.1, 0.15) is 11.5 Å². The maximum absolute atomic E-state index is 10.9. The van der Waals surface area contributed by atoms with Crippen LogP contribution in [0.1, 0.15) is 23.5 Å². The molecule has 3 aromatic heterocycles. The molecule has 8 heteroatoms. The van der Waals surface area contributed by atoms with E-state index < -0.39 is 0 Å². The molecule has 0 saturated carbocycles. The number of hydrogen-bond acceptors (Lipinski definition) is 5. The summed E-state index contributed by atoms with van der Waals surface area (Å²) in [4.78, 5) is 15.4. The predicted octanol–water partition coefficient (Wildman–Crippen LogP) is 1.48. The number of amides is 1. The summed E-state index contributed by atoms with van der Waals surface area (Å²) >= 11 is 1.57. The van der Waals surface area contributed by atoms with Gasteiger partial charge in [0.15, 0.2) is 5.16 Å². The minimum atomic E-state index is -0.331. The normalized spacial score (nSPS) is 11.2. The fourth-order valence-electron chi connectivity index (χ4n) is 2.29. The number of carbonyl (C=O) groups is 1. The lowest BCUT2D eigenvalue weighted by molar-refractivity contribution is -0.118. The van der Waals surface area contributed by atoms with Gasteiger partial charge in [-0.2, -0.15) is 0 Å². The van der Waals surface area contributed by atoms with Crippen molar-refractivity contribution in [1.82, 2.24) is 24.1 Å². The summed E-state index contributed by atoms with van der Waals surface area (Å²) in [6, 6.07) is 4.06. The fraction of sp³-hybridized carbons (Fsp3) is 0.333. The molecular formula is C15H18N6OS. The fourth-order valence-corrected chi connectivity index (χ4v) is 3.10. The lowest BCUT2D eigenvalue weighted by atomic mass is 10.3. The molecule has 7 nitrogen and oxygen atoms in total. The summed E-state index contributed by atoms with van der Waals surface area (Å²) < 4.78 is 3.92. The minimum Gasteiger partial charge on any atom is -0.370 e. The third-order valence-electron chi connectivity index (χ3n) is 3.52. The van der Waals surface area contributed by atoms with Crippen molar-refractivity contribution < 1.29 is 4.79 Å². The average Bonchev–Trinajstić information content (AvgIpc) is 3.06. The zero-order chi connectivity index (χ0) is 16.4. The highest BCUT2D eigenvalue weighted by molar-refractivity contribution is 7.98. The molecule has 3 heterocycles. The van der Waals surface area contributed by atoms with Gasteiger partial charge in [-0.15, -0.1) is 10.2 Å². The Morgan fingerprint density at radius 1 is 1.30 bits per heavy atom. The van der Waals surface area contributed by atoms with E-state index in [-0.39, 0.29) is 12.3 Å². The van der Waals surface area contributed by atoms with Crippen LogP contribution in [0.5, 0.6) is 0 Å². The van der Waals surface area contributed by atoms with E-state index in [9.17, 15) is 4.79 Å². The van der Waals surface area contributed by atoms with Gasteiger partial charge >= 0.3 is 0 Å². The largest absolute Gasteiger partial charge is 0.370 e. The van der Waals surface area contributed by atoms with Gasteiger partial charge in [0.05, 0.1) is 5.69 Å². The van der Waals surface area contributed by atoms with Gasteiger partial charge in [-0.25, -0.2) is 4.98 Å². The van der Waals surface area contributed by atoms with E-state index in [4.69, 9.17) is 5.73 Å². The summed E-state index contributed by atoms with van der Waals surface area (Å²) in [5.41, 5.74) is 8.29. The first-order valence-electron chi connectivity index (χ1n) is 7.26. The third kappa shape index (κ3) is 3.53. The highest BCUT2D eigenvalue weighted by Gasteiger charge is 2.11. The number of rotatable bonds is 6. The van der Waals surface area contributed by atoms with E-state index in [1.807, 2.05) is 34.3 Å².